The molecule has 0 amide bonds. The molecule has 0 atom stereocenters. The van der Waals surface area contributed by atoms with E-state index in [1.807, 2.05) is 36.4 Å². The van der Waals surface area contributed by atoms with Crippen molar-refractivity contribution in [3.63, 3.8) is 0 Å². The van der Waals surface area contributed by atoms with Crippen LogP contribution in [0.1, 0.15) is 12.8 Å². The summed E-state index contributed by atoms with van der Waals surface area (Å²) >= 11 is 0. The van der Waals surface area contributed by atoms with Gasteiger partial charge in [0.2, 0.25) is 0 Å². The van der Waals surface area contributed by atoms with Gasteiger partial charge < -0.3 is 0 Å². The molecule has 14 heavy (non-hydrogen) atoms. The fourth-order valence-electron chi connectivity index (χ4n) is 1.28. The van der Waals surface area contributed by atoms with Crippen LogP contribution in [0, 0.1) is 0 Å². The van der Waals surface area contributed by atoms with Gasteiger partial charge in [-0.15, -0.1) is 0 Å². The molecular formula is C12H12N2. The van der Waals surface area contributed by atoms with Crippen molar-refractivity contribution in [1.82, 2.24) is 0 Å². The molecule has 1 aliphatic rings. The fourth-order valence-corrected chi connectivity index (χ4v) is 1.28. The molecule has 0 unspecified atom stereocenters. The Labute approximate surface area is 83.7 Å². The largest absolute Gasteiger partial charge is 0.151 e. The van der Waals surface area contributed by atoms with E-state index in [4.69, 9.17) is 0 Å². The number of rotatable bonds is 2. The van der Waals surface area contributed by atoms with Gasteiger partial charge >= 0.3 is 0 Å². The van der Waals surface area contributed by atoms with Crippen LogP contribution in [0.4, 0.5) is 5.69 Å². The standard InChI is InChI=1S/C12H12N2/c1-3-7-11(8-4-1)13-14-12-9-5-2-6-10-12/h1,3-5,7-10H,2,6H2. The van der Waals surface area contributed by atoms with Gasteiger partial charge in [-0.1, -0.05) is 30.4 Å². The summed E-state index contributed by atoms with van der Waals surface area (Å²) in [6, 6.07) is 9.77. The fraction of sp³-hybridized carbons (Fsp3) is 0.167. The molecule has 1 aromatic carbocycles. The van der Waals surface area contributed by atoms with Gasteiger partial charge in [0.15, 0.2) is 0 Å². The Bertz CT molecular complexity index is 375. The zero-order chi connectivity index (χ0) is 9.64. The maximum Gasteiger partial charge on any atom is 0.0857 e. The summed E-state index contributed by atoms with van der Waals surface area (Å²) in [7, 11) is 0. The Kier molecular flexibility index (Phi) is 2.86. The summed E-state index contributed by atoms with van der Waals surface area (Å²) in [6.45, 7) is 0. The van der Waals surface area contributed by atoms with E-state index >= 15 is 0 Å². The van der Waals surface area contributed by atoms with Crippen LogP contribution in [0.15, 0.2) is 64.5 Å². The summed E-state index contributed by atoms with van der Waals surface area (Å²) in [5, 5.41) is 8.29. The third-order valence-electron chi connectivity index (χ3n) is 2.01. The number of hydrogen-bond donors (Lipinski definition) is 0. The van der Waals surface area contributed by atoms with E-state index in [2.05, 4.69) is 22.4 Å². The Morgan fingerprint density at radius 1 is 0.929 bits per heavy atom. The zero-order valence-corrected chi connectivity index (χ0v) is 7.93. The quantitative estimate of drug-likeness (QED) is 0.620. The maximum atomic E-state index is 4.15. The van der Waals surface area contributed by atoms with Crippen molar-refractivity contribution in [3.05, 3.63) is 54.3 Å². The number of azo groups is 1. The van der Waals surface area contributed by atoms with Gasteiger partial charge in [0.1, 0.15) is 0 Å². The van der Waals surface area contributed by atoms with Gasteiger partial charge in [-0.05, 0) is 31.1 Å². The average molecular weight is 184 g/mol. The minimum atomic E-state index is 0.896. The molecule has 0 bridgehead atoms. The first kappa shape index (κ1) is 8.88. The van der Waals surface area contributed by atoms with Crippen LogP contribution in [0.2, 0.25) is 0 Å². The van der Waals surface area contributed by atoms with Crippen LogP contribution >= 0.6 is 0 Å². The monoisotopic (exact) mass is 184 g/mol. The number of benzene rings is 1. The topological polar surface area (TPSA) is 24.7 Å². The highest BCUT2D eigenvalue weighted by Crippen LogP contribution is 2.15. The van der Waals surface area contributed by atoms with Gasteiger partial charge in [0.25, 0.3) is 0 Å². The molecule has 1 aliphatic carbocycles. The van der Waals surface area contributed by atoms with Crippen LogP contribution in [-0.4, -0.2) is 0 Å². The molecule has 0 fully saturated rings. The first-order chi connectivity index (χ1) is 6.95. The second-order valence-electron chi connectivity index (χ2n) is 3.14. The predicted octanol–water partition coefficient (Wildman–Crippen LogP) is 4.00. The lowest BCUT2D eigenvalue weighted by Gasteiger charge is -1.98. The molecular weight excluding hydrogens is 172 g/mol. The van der Waals surface area contributed by atoms with E-state index in [1.165, 1.54) is 0 Å². The second-order valence-corrected chi connectivity index (χ2v) is 3.14. The molecule has 0 heterocycles. The third kappa shape index (κ3) is 2.39. The Morgan fingerprint density at radius 3 is 2.50 bits per heavy atom. The lowest BCUT2D eigenvalue weighted by atomic mass is 10.2. The van der Waals surface area contributed by atoms with Crippen LogP contribution < -0.4 is 0 Å². The van der Waals surface area contributed by atoms with Crippen LogP contribution in [0.3, 0.4) is 0 Å². The van der Waals surface area contributed by atoms with Gasteiger partial charge in [-0.3, -0.25) is 0 Å². The van der Waals surface area contributed by atoms with Gasteiger partial charge in [0.05, 0.1) is 11.4 Å². The molecule has 1 aromatic rings. The molecule has 0 aromatic heterocycles. The normalized spacial score (nSPS) is 15.9. The summed E-state index contributed by atoms with van der Waals surface area (Å²) in [6.07, 6.45) is 8.42. The van der Waals surface area contributed by atoms with Crippen molar-refractivity contribution in [2.45, 2.75) is 12.8 Å². The van der Waals surface area contributed by atoms with Crippen LogP contribution in [0.25, 0.3) is 0 Å². The van der Waals surface area contributed by atoms with Gasteiger partial charge in [-0.25, -0.2) is 0 Å². The molecule has 2 nitrogen and oxygen atoms in total. The Hall–Kier alpha value is -1.70. The van der Waals surface area contributed by atoms with E-state index in [9.17, 15) is 0 Å². The third-order valence-corrected chi connectivity index (χ3v) is 2.01. The zero-order valence-electron chi connectivity index (χ0n) is 7.93. The minimum absolute atomic E-state index is 0.896. The molecule has 0 spiro atoms. The highest BCUT2D eigenvalue weighted by atomic mass is 15.1. The van der Waals surface area contributed by atoms with Crippen molar-refractivity contribution in [3.8, 4) is 0 Å². The lowest BCUT2D eigenvalue weighted by molar-refractivity contribution is 0.993. The number of allylic oxidation sites excluding steroid dienone is 3. The first-order valence-corrected chi connectivity index (χ1v) is 4.79. The SMILES string of the molecule is C1=CC(N=Nc2ccccc2)=CCC1. The van der Waals surface area contributed by atoms with Gasteiger partial charge in [-0.2, -0.15) is 10.2 Å². The van der Waals surface area contributed by atoms with Crippen molar-refractivity contribution in [1.29, 1.82) is 0 Å². The smallest absolute Gasteiger partial charge is 0.0857 e. The number of hydrogen-bond acceptors (Lipinski definition) is 2. The van der Waals surface area contributed by atoms with Crippen molar-refractivity contribution < 1.29 is 0 Å². The lowest BCUT2D eigenvalue weighted by Crippen LogP contribution is -1.79. The highest BCUT2D eigenvalue weighted by molar-refractivity contribution is 5.35. The van der Waals surface area contributed by atoms with Crippen molar-refractivity contribution in [2.75, 3.05) is 0 Å². The van der Waals surface area contributed by atoms with E-state index in [1.54, 1.807) is 0 Å². The molecule has 0 saturated carbocycles. The highest BCUT2D eigenvalue weighted by Gasteiger charge is 1.94. The first-order valence-electron chi connectivity index (χ1n) is 4.79. The van der Waals surface area contributed by atoms with Gasteiger partial charge in [0, 0.05) is 0 Å². The van der Waals surface area contributed by atoms with E-state index in [0.717, 1.165) is 24.2 Å². The minimum Gasteiger partial charge on any atom is -0.151 e. The Balaban J connectivity index is 2.07. The summed E-state index contributed by atoms with van der Waals surface area (Å²) in [5.41, 5.74) is 1.85. The molecule has 0 N–H and O–H groups in total. The molecule has 2 rings (SSSR count). The molecule has 70 valence electrons. The van der Waals surface area contributed by atoms with Crippen LogP contribution in [0.5, 0.6) is 0 Å². The summed E-state index contributed by atoms with van der Waals surface area (Å²) in [5.74, 6) is 0. The number of nitrogens with zero attached hydrogens (tertiary/aromatic N) is 2. The molecule has 2 heteroatoms. The van der Waals surface area contributed by atoms with E-state index in [-0.39, 0.29) is 0 Å². The predicted molar refractivity (Wildman–Crippen MR) is 57.4 cm³/mol. The molecule has 0 saturated heterocycles. The molecule has 0 aliphatic heterocycles. The summed E-state index contributed by atoms with van der Waals surface area (Å²) in [4.78, 5) is 0. The van der Waals surface area contributed by atoms with Crippen LogP contribution in [-0.2, 0) is 0 Å². The van der Waals surface area contributed by atoms with E-state index < -0.39 is 0 Å². The second kappa shape index (κ2) is 4.51. The molecule has 0 radical (unpaired) electrons. The maximum absolute atomic E-state index is 4.15. The van der Waals surface area contributed by atoms with Crippen molar-refractivity contribution >= 4 is 5.69 Å². The van der Waals surface area contributed by atoms with E-state index in [0.29, 0.717) is 0 Å². The average Bonchev–Trinajstić information content (AvgIpc) is 2.29. The summed E-state index contributed by atoms with van der Waals surface area (Å²) < 4.78 is 0. The Morgan fingerprint density at radius 2 is 1.79 bits per heavy atom. The van der Waals surface area contributed by atoms with Crippen molar-refractivity contribution in [2.24, 2.45) is 10.2 Å².